The van der Waals surface area contributed by atoms with Gasteiger partial charge in [0, 0.05) is 25.2 Å². The smallest absolute Gasteiger partial charge is 0.407 e. The van der Waals surface area contributed by atoms with Crippen LogP contribution >= 0.6 is 0 Å². The Labute approximate surface area is 240 Å². The number of hydrogen-bond donors (Lipinski definition) is 2. The maximum atomic E-state index is 13.4. The molecule has 9 nitrogen and oxygen atoms in total. The summed E-state index contributed by atoms with van der Waals surface area (Å²) >= 11 is 0. The van der Waals surface area contributed by atoms with E-state index in [0.717, 1.165) is 70.3 Å². The minimum Gasteiger partial charge on any atom is -0.468 e. The lowest BCUT2D eigenvalue weighted by Crippen LogP contribution is -2.50. The third-order valence-electron chi connectivity index (χ3n) is 8.41. The van der Waals surface area contributed by atoms with Gasteiger partial charge in [-0.25, -0.2) is 4.79 Å². The Morgan fingerprint density at radius 1 is 0.850 bits per heavy atom. The van der Waals surface area contributed by atoms with Crippen molar-refractivity contribution in [1.82, 2.24) is 20.4 Å². The molecule has 224 valence electrons. The number of alkyl carbamates (subject to hydrolysis) is 1. The lowest BCUT2D eigenvalue weighted by Gasteiger charge is -2.31. The number of esters is 1. The number of ether oxygens (including phenoxy) is 2. The molecule has 2 aliphatic rings. The first kappa shape index (κ1) is 31.9. The Morgan fingerprint density at radius 3 is 1.98 bits per heavy atom. The van der Waals surface area contributed by atoms with Crippen LogP contribution in [-0.4, -0.2) is 85.2 Å². The quantitative estimate of drug-likeness (QED) is 0.334. The molecule has 9 heteroatoms. The summed E-state index contributed by atoms with van der Waals surface area (Å²) in [5.74, 6) is 0.444. The Hall–Kier alpha value is -2.65. The number of hydrogen-bond acceptors (Lipinski definition) is 7. The molecule has 0 aliphatic carbocycles. The van der Waals surface area contributed by atoms with Gasteiger partial charge in [0.25, 0.3) is 0 Å². The predicted octanol–water partition coefficient (Wildman–Crippen LogP) is 3.96. The number of methoxy groups -OCH3 is 1. The largest absolute Gasteiger partial charge is 0.468 e. The van der Waals surface area contributed by atoms with Crippen molar-refractivity contribution in [1.29, 1.82) is 0 Å². The van der Waals surface area contributed by atoms with Crippen molar-refractivity contribution in [2.24, 2.45) is 11.8 Å². The summed E-state index contributed by atoms with van der Waals surface area (Å²) in [6.07, 6.45) is 4.79. The number of nitrogens with zero attached hydrogens (tertiary/aromatic N) is 2. The Kier molecular flexibility index (Phi) is 12.7. The minimum absolute atomic E-state index is 0.0401. The number of carbonyl (C=O) groups excluding carboxylic acids is 3. The average molecular weight is 559 g/mol. The second-order valence-corrected chi connectivity index (χ2v) is 11.9. The molecule has 2 fully saturated rings. The summed E-state index contributed by atoms with van der Waals surface area (Å²) in [5, 5.41) is 6.37. The summed E-state index contributed by atoms with van der Waals surface area (Å²) in [6.45, 7) is 12.0. The zero-order valence-corrected chi connectivity index (χ0v) is 25.1. The lowest BCUT2D eigenvalue weighted by molar-refractivity contribution is -0.146. The third-order valence-corrected chi connectivity index (χ3v) is 8.41. The predicted molar refractivity (Wildman–Crippen MR) is 156 cm³/mol. The lowest BCUT2D eigenvalue weighted by atomic mass is 9.99. The molecule has 0 unspecified atom stereocenters. The highest BCUT2D eigenvalue weighted by Gasteiger charge is 2.34. The Balaban J connectivity index is 1.48. The molecule has 0 aromatic heterocycles. The van der Waals surface area contributed by atoms with Gasteiger partial charge in [0.15, 0.2) is 0 Å². The van der Waals surface area contributed by atoms with E-state index in [4.69, 9.17) is 9.47 Å². The summed E-state index contributed by atoms with van der Waals surface area (Å²) in [7, 11) is 1.44. The van der Waals surface area contributed by atoms with Crippen molar-refractivity contribution in [3.8, 4) is 0 Å². The van der Waals surface area contributed by atoms with Crippen LogP contribution in [0.15, 0.2) is 30.3 Å². The number of carbonyl (C=O) groups is 3. The van der Waals surface area contributed by atoms with Crippen LogP contribution in [0.25, 0.3) is 0 Å². The summed E-state index contributed by atoms with van der Waals surface area (Å²) in [5.41, 5.74) is 0.952. The molecular formula is C31H50N4O5. The fourth-order valence-corrected chi connectivity index (χ4v) is 5.84. The van der Waals surface area contributed by atoms with E-state index < -0.39 is 6.09 Å². The fraction of sp³-hybridized carbons (Fsp3) is 0.710. The standard InChI is InChI=1S/C31H50N4O5/c1-22(2)25(15-20-35-18-10-14-28(35)30(37)39-5)32-29(36)27-13-9-17-34(27)19-16-26(23(3)4)33-31(38)40-21-24-11-7-6-8-12-24/h6-8,11-12,22-23,25-28H,9-10,13-21H2,1-5H3,(H,32,36)(H,33,38)/t25-,26-,27-,28-/m0/s1. The SMILES string of the molecule is COC(=O)[C@@H]1CCCN1CC[C@H](NC(=O)[C@@H]1CCCN1CC[C@H](NC(=O)OCc1ccccc1)C(C)C)C(C)C. The van der Waals surface area contributed by atoms with Crippen LogP contribution in [0.3, 0.4) is 0 Å². The minimum atomic E-state index is -0.412. The van der Waals surface area contributed by atoms with Crippen LogP contribution in [0.1, 0.15) is 71.8 Å². The van der Waals surface area contributed by atoms with Gasteiger partial charge in [0.1, 0.15) is 12.6 Å². The number of likely N-dealkylation sites (tertiary alicyclic amines) is 2. The topological polar surface area (TPSA) is 100 Å². The number of amides is 2. The normalized spacial score (nSPS) is 21.4. The van der Waals surface area contributed by atoms with Gasteiger partial charge in [-0.05, 0) is 69.0 Å². The fourth-order valence-electron chi connectivity index (χ4n) is 5.84. The summed E-state index contributed by atoms with van der Waals surface area (Å²) < 4.78 is 10.4. The van der Waals surface area contributed by atoms with Gasteiger partial charge in [0.2, 0.25) is 5.91 Å². The van der Waals surface area contributed by atoms with Crippen molar-refractivity contribution >= 4 is 18.0 Å². The van der Waals surface area contributed by atoms with E-state index in [-0.39, 0.29) is 54.5 Å². The van der Waals surface area contributed by atoms with Crippen molar-refractivity contribution < 1.29 is 23.9 Å². The molecule has 0 radical (unpaired) electrons. The average Bonchev–Trinajstić information content (AvgIpc) is 3.61. The highest BCUT2D eigenvalue weighted by Crippen LogP contribution is 2.22. The summed E-state index contributed by atoms with van der Waals surface area (Å²) in [6, 6.07) is 9.32. The maximum absolute atomic E-state index is 13.4. The monoisotopic (exact) mass is 558 g/mol. The molecule has 2 aliphatic heterocycles. The maximum Gasteiger partial charge on any atom is 0.407 e. The van der Waals surface area contributed by atoms with Gasteiger partial charge >= 0.3 is 12.1 Å². The molecule has 2 N–H and O–H groups in total. The van der Waals surface area contributed by atoms with Gasteiger partial charge in [-0.15, -0.1) is 0 Å². The first-order chi connectivity index (χ1) is 19.2. The molecule has 3 rings (SSSR count). The first-order valence-corrected chi connectivity index (χ1v) is 15.0. The molecule has 0 saturated carbocycles. The van der Waals surface area contributed by atoms with Crippen molar-refractivity contribution in [2.45, 2.75) is 97.0 Å². The van der Waals surface area contributed by atoms with Gasteiger partial charge in [-0.1, -0.05) is 58.0 Å². The molecule has 4 atom stereocenters. The van der Waals surface area contributed by atoms with Crippen LogP contribution in [0.5, 0.6) is 0 Å². The van der Waals surface area contributed by atoms with Crippen LogP contribution in [-0.2, 0) is 25.7 Å². The molecule has 2 saturated heterocycles. The van der Waals surface area contributed by atoms with E-state index in [1.54, 1.807) is 0 Å². The van der Waals surface area contributed by atoms with Crippen molar-refractivity contribution in [2.75, 3.05) is 33.3 Å². The van der Waals surface area contributed by atoms with Gasteiger partial charge in [-0.2, -0.15) is 0 Å². The van der Waals surface area contributed by atoms with Gasteiger partial charge < -0.3 is 20.1 Å². The van der Waals surface area contributed by atoms with E-state index >= 15 is 0 Å². The number of rotatable bonds is 14. The van der Waals surface area contributed by atoms with Crippen molar-refractivity contribution in [3.05, 3.63) is 35.9 Å². The van der Waals surface area contributed by atoms with Crippen LogP contribution < -0.4 is 10.6 Å². The Bertz CT molecular complexity index is 941. The molecule has 2 amide bonds. The second kappa shape index (κ2) is 16.0. The van der Waals surface area contributed by atoms with E-state index in [1.807, 2.05) is 30.3 Å². The molecule has 1 aromatic carbocycles. The molecule has 0 spiro atoms. The number of benzene rings is 1. The molecule has 2 heterocycles. The molecule has 0 bridgehead atoms. The third kappa shape index (κ3) is 9.47. The van der Waals surface area contributed by atoms with Crippen LogP contribution in [0.4, 0.5) is 4.79 Å². The van der Waals surface area contributed by atoms with E-state index in [0.29, 0.717) is 0 Å². The Morgan fingerprint density at radius 2 is 1.40 bits per heavy atom. The highest BCUT2D eigenvalue weighted by molar-refractivity contribution is 5.82. The van der Waals surface area contributed by atoms with Gasteiger partial charge in [0.05, 0.1) is 13.2 Å². The van der Waals surface area contributed by atoms with Crippen molar-refractivity contribution in [3.63, 3.8) is 0 Å². The van der Waals surface area contributed by atoms with E-state index in [9.17, 15) is 14.4 Å². The van der Waals surface area contributed by atoms with Gasteiger partial charge in [-0.3, -0.25) is 19.4 Å². The highest BCUT2D eigenvalue weighted by atomic mass is 16.5. The molecule has 1 aromatic rings. The molecule has 40 heavy (non-hydrogen) atoms. The van der Waals surface area contributed by atoms with E-state index in [1.165, 1.54) is 7.11 Å². The van der Waals surface area contributed by atoms with Crippen LogP contribution in [0, 0.1) is 11.8 Å². The number of nitrogens with one attached hydrogen (secondary N) is 2. The zero-order valence-electron chi connectivity index (χ0n) is 25.1. The zero-order chi connectivity index (χ0) is 29.1. The van der Waals surface area contributed by atoms with Crippen LogP contribution in [0.2, 0.25) is 0 Å². The first-order valence-electron chi connectivity index (χ1n) is 15.0. The van der Waals surface area contributed by atoms with E-state index in [2.05, 4.69) is 48.1 Å². The summed E-state index contributed by atoms with van der Waals surface area (Å²) in [4.78, 5) is 42.5. The second-order valence-electron chi connectivity index (χ2n) is 11.9. The molecular weight excluding hydrogens is 508 g/mol.